The fourth-order valence-corrected chi connectivity index (χ4v) is 1.50. The summed E-state index contributed by atoms with van der Waals surface area (Å²) in [5.74, 6) is 0.613. The number of pyridine rings is 1. The Bertz CT molecular complexity index is 357. The van der Waals surface area contributed by atoms with Crippen molar-refractivity contribution < 1.29 is 9.47 Å². The van der Waals surface area contributed by atoms with Crippen molar-refractivity contribution in [2.45, 2.75) is 13.3 Å². The predicted molar refractivity (Wildman–Crippen MR) is 76.1 cm³/mol. The maximum atomic E-state index is 5.26. The Hall–Kier alpha value is -1.40. The standard InChI is InChI=1S/C12H19N3O2S/c1-3-17-11-6-5-10(9-14-11)15-12(18)13-7-4-8-16-2/h5-6,9H,3-4,7-8H2,1-2H3,(H2,13,15,18). The van der Waals surface area contributed by atoms with E-state index in [1.54, 1.807) is 19.4 Å². The van der Waals surface area contributed by atoms with E-state index in [1.807, 2.05) is 13.0 Å². The number of methoxy groups -OCH3 is 1. The van der Waals surface area contributed by atoms with E-state index in [0.29, 0.717) is 17.6 Å². The lowest BCUT2D eigenvalue weighted by atomic mass is 10.4. The first-order chi connectivity index (χ1) is 8.76. The largest absolute Gasteiger partial charge is 0.478 e. The highest BCUT2D eigenvalue weighted by Gasteiger charge is 1.99. The summed E-state index contributed by atoms with van der Waals surface area (Å²) in [6.45, 7) is 4.04. The quantitative estimate of drug-likeness (QED) is 0.581. The molecule has 0 aromatic carbocycles. The molecule has 0 bridgehead atoms. The second-order valence-electron chi connectivity index (χ2n) is 3.55. The topological polar surface area (TPSA) is 55.4 Å². The van der Waals surface area contributed by atoms with Crippen LogP contribution in [-0.4, -0.2) is 37.0 Å². The molecule has 0 amide bonds. The van der Waals surface area contributed by atoms with Crippen LogP contribution in [0.4, 0.5) is 5.69 Å². The van der Waals surface area contributed by atoms with Crippen LogP contribution in [0.15, 0.2) is 18.3 Å². The summed E-state index contributed by atoms with van der Waals surface area (Å²) in [5.41, 5.74) is 0.836. The third kappa shape index (κ3) is 5.79. The van der Waals surface area contributed by atoms with Crippen LogP contribution in [-0.2, 0) is 4.74 Å². The second-order valence-corrected chi connectivity index (χ2v) is 3.95. The molecule has 100 valence electrons. The SMILES string of the molecule is CCOc1ccc(NC(=S)NCCCOC)cn1. The third-order valence-corrected chi connectivity index (χ3v) is 2.34. The summed E-state index contributed by atoms with van der Waals surface area (Å²) >= 11 is 5.15. The van der Waals surface area contributed by atoms with E-state index in [1.165, 1.54) is 0 Å². The summed E-state index contributed by atoms with van der Waals surface area (Å²) in [5, 5.41) is 6.72. The van der Waals surface area contributed by atoms with Crippen molar-refractivity contribution >= 4 is 23.0 Å². The molecule has 0 fully saturated rings. The normalized spacial score (nSPS) is 9.89. The van der Waals surface area contributed by atoms with Gasteiger partial charge in [-0.15, -0.1) is 0 Å². The van der Waals surface area contributed by atoms with Gasteiger partial charge in [0.05, 0.1) is 18.5 Å². The molecule has 18 heavy (non-hydrogen) atoms. The molecule has 5 nitrogen and oxygen atoms in total. The van der Waals surface area contributed by atoms with Gasteiger partial charge in [-0.25, -0.2) is 4.98 Å². The molecule has 0 atom stereocenters. The molecule has 0 unspecified atom stereocenters. The Morgan fingerprint density at radius 2 is 2.28 bits per heavy atom. The van der Waals surface area contributed by atoms with Gasteiger partial charge in [-0.2, -0.15) is 0 Å². The number of anilines is 1. The number of aromatic nitrogens is 1. The lowest BCUT2D eigenvalue weighted by Gasteiger charge is -2.10. The number of ether oxygens (including phenoxy) is 2. The van der Waals surface area contributed by atoms with E-state index in [-0.39, 0.29) is 0 Å². The Morgan fingerprint density at radius 1 is 1.44 bits per heavy atom. The molecule has 0 aliphatic heterocycles. The third-order valence-electron chi connectivity index (χ3n) is 2.10. The van der Waals surface area contributed by atoms with Crippen molar-refractivity contribution in [3.05, 3.63) is 18.3 Å². The van der Waals surface area contributed by atoms with Gasteiger partial charge in [-0.05, 0) is 31.6 Å². The second kappa shape index (κ2) is 8.66. The first kappa shape index (κ1) is 14.7. The van der Waals surface area contributed by atoms with Crippen LogP contribution < -0.4 is 15.4 Å². The minimum atomic E-state index is 0.581. The van der Waals surface area contributed by atoms with Crippen molar-refractivity contribution in [1.29, 1.82) is 0 Å². The molecular weight excluding hydrogens is 250 g/mol. The summed E-state index contributed by atoms with van der Waals surface area (Å²) in [6, 6.07) is 3.68. The molecule has 0 saturated carbocycles. The molecule has 0 aliphatic carbocycles. The molecule has 2 N–H and O–H groups in total. The monoisotopic (exact) mass is 269 g/mol. The Kier molecular flexibility index (Phi) is 7.05. The summed E-state index contributed by atoms with van der Waals surface area (Å²) in [4.78, 5) is 4.14. The molecule has 1 heterocycles. The molecule has 1 aromatic rings. The average molecular weight is 269 g/mol. The fraction of sp³-hybridized carbons (Fsp3) is 0.500. The highest BCUT2D eigenvalue weighted by atomic mass is 32.1. The molecule has 0 spiro atoms. The van der Waals surface area contributed by atoms with Crippen LogP contribution in [0.5, 0.6) is 5.88 Å². The molecule has 0 radical (unpaired) electrons. The zero-order chi connectivity index (χ0) is 13.2. The van der Waals surface area contributed by atoms with E-state index < -0.39 is 0 Å². The maximum Gasteiger partial charge on any atom is 0.213 e. The first-order valence-electron chi connectivity index (χ1n) is 5.89. The number of hydrogen-bond acceptors (Lipinski definition) is 4. The zero-order valence-corrected chi connectivity index (χ0v) is 11.5. The Morgan fingerprint density at radius 3 is 2.89 bits per heavy atom. The molecule has 1 rings (SSSR count). The van der Waals surface area contributed by atoms with Gasteiger partial charge >= 0.3 is 0 Å². The van der Waals surface area contributed by atoms with Gasteiger partial charge in [0.2, 0.25) is 5.88 Å². The van der Waals surface area contributed by atoms with Crippen LogP contribution in [0.2, 0.25) is 0 Å². The van der Waals surface area contributed by atoms with Crippen molar-refractivity contribution in [2.24, 2.45) is 0 Å². The van der Waals surface area contributed by atoms with E-state index >= 15 is 0 Å². The highest BCUT2D eigenvalue weighted by Crippen LogP contribution is 2.11. The lowest BCUT2D eigenvalue weighted by Crippen LogP contribution is -2.29. The van der Waals surface area contributed by atoms with Gasteiger partial charge in [0.1, 0.15) is 0 Å². The van der Waals surface area contributed by atoms with Crippen molar-refractivity contribution in [3.63, 3.8) is 0 Å². The Balaban J connectivity index is 2.30. The number of thiocarbonyl (C=S) groups is 1. The van der Waals surface area contributed by atoms with Gasteiger partial charge in [0, 0.05) is 26.3 Å². The molecule has 6 heteroatoms. The molecule has 1 aromatic heterocycles. The van der Waals surface area contributed by atoms with E-state index in [4.69, 9.17) is 21.7 Å². The minimum Gasteiger partial charge on any atom is -0.478 e. The smallest absolute Gasteiger partial charge is 0.213 e. The van der Waals surface area contributed by atoms with Gasteiger partial charge in [-0.3, -0.25) is 0 Å². The van der Waals surface area contributed by atoms with Crippen molar-refractivity contribution in [2.75, 3.05) is 32.2 Å². The highest BCUT2D eigenvalue weighted by molar-refractivity contribution is 7.80. The predicted octanol–water partition coefficient (Wildman–Crippen LogP) is 1.80. The van der Waals surface area contributed by atoms with Crippen LogP contribution in [0.1, 0.15) is 13.3 Å². The minimum absolute atomic E-state index is 0.581. The maximum absolute atomic E-state index is 5.26. The van der Waals surface area contributed by atoms with Crippen LogP contribution in [0.25, 0.3) is 0 Å². The average Bonchev–Trinajstić information content (AvgIpc) is 2.37. The van der Waals surface area contributed by atoms with E-state index in [0.717, 1.165) is 25.3 Å². The van der Waals surface area contributed by atoms with E-state index in [2.05, 4.69) is 15.6 Å². The Labute approximate surface area is 113 Å². The van der Waals surface area contributed by atoms with Gasteiger partial charge < -0.3 is 20.1 Å². The number of hydrogen-bond donors (Lipinski definition) is 2. The van der Waals surface area contributed by atoms with Crippen LogP contribution in [0.3, 0.4) is 0 Å². The molecular formula is C12H19N3O2S. The lowest BCUT2D eigenvalue weighted by molar-refractivity contribution is 0.196. The molecule has 0 saturated heterocycles. The van der Waals surface area contributed by atoms with Crippen LogP contribution >= 0.6 is 12.2 Å². The van der Waals surface area contributed by atoms with E-state index in [9.17, 15) is 0 Å². The van der Waals surface area contributed by atoms with Crippen LogP contribution in [0, 0.1) is 0 Å². The van der Waals surface area contributed by atoms with Crippen molar-refractivity contribution in [3.8, 4) is 5.88 Å². The molecule has 0 aliphatic rings. The number of nitrogens with one attached hydrogen (secondary N) is 2. The first-order valence-corrected chi connectivity index (χ1v) is 6.29. The van der Waals surface area contributed by atoms with Crippen molar-refractivity contribution in [1.82, 2.24) is 10.3 Å². The summed E-state index contributed by atoms with van der Waals surface area (Å²) in [6.07, 6.45) is 2.61. The van der Waals surface area contributed by atoms with Gasteiger partial charge in [0.25, 0.3) is 0 Å². The van der Waals surface area contributed by atoms with Gasteiger partial charge in [0.15, 0.2) is 5.11 Å². The summed E-state index contributed by atoms with van der Waals surface area (Å²) < 4.78 is 10.2. The fourth-order valence-electron chi connectivity index (χ4n) is 1.28. The number of rotatable bonds is 7. The van der Waals surface area contributed by atoms with Gasteiger partial charge in [-0.1, -0.05) is 0 Å². The summed E-state index contributed by atoms with van der Waals surface area (Å²) in [7, 11) is 1.68. The zero-order valence-electron chi connectivity index (χ0n) is 10.7. The number of nitrogens with zero attached hydrogens (tertiary/aromatic N) is 1.